The lowest BCUT2D eigenvalue weighted by Gasteiger charge is -2.15. The van der Waals surface area contributed by atoms with Gasteiger partial charge in [-0.25, -0.2) is 13.1 Å². The summed E-state index contributed by atoms with van der Waals surface area (Å²) in [6, 6.07) is 3.00. The zero-order chi connectivity index (χ0) is 13.9. The van der Waals surface area contributed by atoms with Crippen LogP contribution in [-0.4, -0.2) is 14.5 Å². The van der Waals surface area contributed by atoms with Crippen molar-refractivity contribution in [2.24, 2.45) is 0 Å². The van der Waals surface area contributed by atoms with E-state index in [1.54, 1.807) is 32.9 Å². The number of rotatable bonds is 4. The minimum absolute atomic E-state index is 0.278. The number of terminal acetylenes is 1. The molecule has 3 N–H and O–H groups in total. The predicted octanol–water partition coefficient (Wildman–Crippen LogP) is 1.58. The summed E-state index contributed by atoms with van der Waals surface area (Å²) in [4.78, 5) is 0.278. The minimum Gasteiger partial charge on any atom is -0.399 e. The lowest BCUT2D eigenvalue weighted by molar-refractivity contribution is 0.562. The summed E-state index contributed by atoms with van der Waals surface area (Å²) >= 11 is 0. The molecular weight excluding hydrogens is 248 g/mol. The molecule has 0 spiro atoms. The SMILES string of the molecule is C#CCC(C)NS(=O)(=O)c1c(C)cc(N)cc1C. The third-order valence-electron chi connectivity index (χ3n) is 2.53. The normalized spacial score (nSPS) is 13.0. The van der Waals surface area contributed by atoms with E-state index >= 15 is 0 Å². The molecule has 0 bridgehead atoms. The molecule has 0 aliphatic carbocycles. The highest BCUT2D eigenvalue weighted by Crippen LogP contribution is 2.23. The first-order chi connectivity index (χ1) is 8.27. The highest BCUT2D eigenvalue weighted by molar-refractivity contribution is 7.89. The molecule has 18 heavy (non-hydrogen) atoms. The molecule has 0 amide bonds. The van der Waals surface area contributed by atoms with Gasteiger partial charge in [0.1, 0.15) is 0 Å². The molecule has 0 saturated heterocycles. The van der Waals surface area contributed by atoms with Gasteiger partial charge in [0.25, 0.3) is 0 Å². The topological polar surface area (TPSA) is 72.2 Å². The van der Waals surface area contributed by atoms with Crippen LogP contribution in [0.2, 0.25) is 0 Å². The summed E-state index contributed by atoms with van der Waals surface area (Å²) in [6.45, 7) is 5.19. The Labute approximate surface area is 109 Å². The maximum atomic E-state index is 12.2. The summed E-state index contributed by atoms with van der Waals surface area (Å²) in [7, 11) is -3.56. The summed E-state index contributed by atoms with van der Waals surface area (Å²) in [5, 5.41) is 0. The van der Waals surface area contributed by atoms with Gasteiger partial charge >= 0.3 is 0 Å². The van der Waals surface area contributed by atoms with Crippen LogP contribution in [0.4, 0.5) is 5.69 Å². The van der Waals surface area contributed by atoms with Crippen molar-refractivity contribution in [2.45, 2.75) is 38.1 Å². The van der Waals surface area contributed by atoms with E-state index in [2.05, 4.69) is 10.6 Å². The number of hydrogen-bond donors (Lipinski definition) is 2. The van der Waals surface area contributed by atoms with Gasteiger partial charge in [-0.1, -0.05) is 0 Å². The lowest BCUT2D eigenvalue weighted by Crippen LogP contribution is -2.33. The van der Waals surface area contributed by atoms with E-state index < -0.39 is 10.0 Å². The third kappa shape index (κ3) is 3.25. The van der Waals surface area contributed by atoms with Crippen LogP contribution >= 0.6 is 0 Å². The molecule has 0 heterocycles. The smallest absolute Gasteiger partial charge is 0.241 e. The Bertz CT molecular complexity index is 562. The largest absolute Gasteiger partial charge is 0.399 e. The van der Waals surface area contributed by atoms with Crippen LogP contribution in [0, 0.1) is 26.2 Å². The van der Waals surface area contributed by atoms with Crippen LogP contribution in [0.25, 0.3) is 0 Å². The van der Waals surface area contributed by atoms with Gasteiger partial charge in [0.05, 0.1) is 4.90 Å². The maximum Gasteiger partial charge on any atom is 0.241 e. The highest BCUT2D eigenvalue weighted by Gasteiger charge is 2.21. The van der Waals surface area contributed by atoms with E-state index in [4.69, 9.17) is 12.2 Å². The van der Waals surface area contributed by atoms with Gasteiger partial charge in [0.15, 0.2) is 0 Å². The lowest BCUT2D eigenvalue weighted by atomic mass is 10.1. The third-order valence-corrected chi connectivity index (χ3v) is 4.43. The molecule has 0 saturated carbocycles. The first kappa shape index (κ1) is 14.6. The van der Waals surface area contributed by atoms with Crippen molar-refractivity contribution in [1.82, 2.24) is 4.72 Å². The molecule has 1 unspecified atom stereocenters. The van der Waals surface area contributed by atoms with Crippen LogP contribution < -0.4 is 10.5 Å². The second kappa shape index (κ2) is 5.42. The molecule has 98 valence electrons. The quantitative estimate of drug-likeness (QED) is 0.642. The second-order valence-electron chi connectivity index (χ2n) is 4.41. The Morgan fingerprint density at radius 2 is 1.89 bits per heavy atom. The van der Waals surface area contributed by atoms with Crippen LogP contribution in [0.1, 0.15) is 24.5 Å². The van der Waals surface area contributed by atoms with Crippen molar-refractivity contribution in [3.05, 3.63) is 23.3 Å². The number of nitrogen functional groups attached to an aromatic ring is 1. The minimum atomic E-state index is -3.56. The van der Waals surface area contributed by atoms with Crippen molar-refractivity contribution in [1.29, 1.82) is 0 Å². The molecule has 4 nitrogen and oxygen atoms in total. The predicted molar refractivity (Wildman–Crippen MR) is 73.6 cm³/mol. The fourth-order valence-electron chi connectivity index (χ4n) is 1.95. The number of sulfonamides is 1. The van der Waals surface area contributed by atoms with E-state index in [0.717, 1.165) is 0 Å². The van der Waals surface area contributed by atoms with E-state index in [9.17, 15) is 8.42 Å². The van der Waals surface area contributed by atoms with Crippen molar-refractivity contribution >= 4 is 15.7 Å². The standard InChI is InChI=1S/C13H18N2O2S/c1-5-6-11(4)15-18(16,17)13-9(2)7-12(14)8-10(13)3/h1,7-8,11,15H,6,14H2,2-4H3. The molecule has 5 heteroatoms. The van der Waals surface area contributed by atoms with Gasteiger partial charge in [0, 0.05) is 18.2 Å². The first-order valence-electron chi connectivity index (χ1n) is 5.60. The van der Waals surface area contributed by atoms with Gasteiger partial charge in [-0.15, -0.1) is 12.3 Å². The summed E-state index contributed by atoms with van der Waals surface area (Å²) in [6.07, 6.45) is 5.52. The number of nitrogens with one attached hydrogen (secondary N) is 1. The monoisotopic (exact) mass is 266 g/mol. The average Bonchev–Trinajstić information content (AvgIpc) is 2.13. The molecule has 1 aromatic rings. The van der Waals surface area contributed by atoms with Gasteiger partial charge in [0.2, 0.25) is 10.0 Å². The zero-order valence-corrected chi connectivity index (χ0v) is 11.6. The molecule has 0 radical (unpaired) electrons. The van der Waals surface area contributed by atoms with Gasteiger partial charge in [-0.3, -0.25) is 0 Å². The van der Waals surface area contributed by atoms with Crippen molar-refractivity contribution < 1.29 is 8.42 Å². The van der Waals surface area contributed by atoms with Crippen molar-refractivity contribution in [3.63, 3.8) is 0 Å². The van der Waals surface area contributed by atoms with Crippen molar-refractivity contribution in [2.75, 3.05) is 5.73 Å². The fraction of sp³-hybridized carbons (Fsp3) is 0.385. The van der Waals surface area contributed by atoms with Gasteiger partial charge in [-0.2, -0.15) is 0 Å². The Morgan fingerprint density at radius 3 is 2.33 bits per heavy atom. The molecule has 1 rings (SSSR count). The molecule has 1 atom stereocenters. The van der Waals surface area contributed by atoms with Crippen LogP contribution in [0.15, 0.2) is 17.0 Å². The van der Waals surface area contributed by atoms with Crippen molar-refractivity contribution in [3.8, 4) is 12.3 Å². The summed E-state index contributed by atoms with van der Waals surface area (Å²) < 4.78 is 27.1. The van der Waals surface area contributed by atoms with E-state index in [-0.39, 0.29) is 10.9 Å². The average molecular weight is 266 g/mol. The molecule has 0 aliphatic rings. The van der Waals surface area contributed by atoms with Crippen LogP contribution in [0.5, 0.6) is 0 Å². The number of nitrogens with two attached hydrogens (primary N) is 1. The van der Waals surface area contributed by atoms with E-state index in [1.807, 2.05) is 0 Å². The highest BCUT2D eigenvalue weighted by atomic mass is 32.2. The molecule has 0 aromatic heterocycles. The van der Waals surface area contributed by atoms with Gasteiger partial charge < -0.3 is 5.73 Å². The molecule has 0 fully saturated rings. The number of benzene rings is 1. The number of hydrogen-bond acceptors (Lipinski definition) is 3. The molecule has 1 aromatic carbocycles. The Morgan fingerprint density at radius 1 is 1.39 bits per heavy atom. The summed E-state index contributed by atoms with van der Waals surface area (Å²) in [5.74, 6) is 2.43. The number of anilines is 1. The second-order valence-corrected chi connectivity index (χ2v) is 6.07. The zero-order valence-electron chi connectivity index (χ0n) is 10.8. The summed E-state index contributed by atoms with van der Waals surface area (Å²) in [5.41, 5.74) is 7.50. The Hall–Kier alpha value is -1.51. The van der Waals surface area contributed by atoms with E-state index in [1.165, 1.54) is 0 Å². The molecular formula is C13H18N2O2S. The molecule has 0 aliphatic heterocycles. The fourth-order valence-corrected chi connectivity index (χ4v) is 3.65. The first-order valence-corrected chi connectivity index (χ1v) is 7.08. The Kier molecular flexibility index (Phi) is 4.38. The van der Waals surface area contributed by atoms with E-state index in [0.29, 0.717) is 23.2 Å². The van der Waals surface area contributed by atoms with Crippen LogP contribution in [0.3, 0.4) is 0 Å². The van der Waals surface area contributed by atoms with Gasteiger partial charge in [-0.05, 0) is 44.0 Å². The van der Waals surface area contributed by atoms with Crippen LogP contribution in [-0.2, 0) is 10.0 Å². The Balaban J connectivity index is 3.18. The maximum absolute atomic E-state index is 12.2. The number of aryl methyl sites for hydroxylation is 2.